The van der Waals surface area contributed by atoms with Crippen LogP contribution in [0.1, 0.15) is 11.1 Å². The number of benzene rings is 2. The molecule has 0 aliphatic carbocycles. The standard InChI is InChI=1S/C14H13NO5/c16-8-10-3-1-2-4-14(10)20-12-5-6-13(15(18)19)11(7-12)9-17/h1-7,16-17H,8-9H2. The van der Waals surface area contributed by atoms with Crippen molar-refractivity contribution in [3.05, 3.63) is 63.7 Å². The maximum absolute atomic E-state index is 10.8. The molecular weight excluding hydrogens is 262 g/mol. The summed E-state index contributed by atoms with van der Waals surface area (Å²) in [5.41, 5.74) is 0.626. The SMILES string of the molecule is O=[N+]([O-])c1ccc(Oc2ccccc2CO)cc1CO. The minimum Gasteiger partial charge on any atom is -0.457 e. The summed E-state index contributed by atoms with van der Waals surface area (Å²) in [6.45, 7) is -0.620. The first kappa shape index (κ1) is 14.0. The molecule has 2 N–H and O–H groups in total. The first-order chi connectivity index (χ1) is 9.65. The number of hydrogen-bond acceptors (Lipinski definition) is 5. The number of nitro groups is 1. The van der Waals surface area contributed by atoms with Crippen LogP contribution in [0, 0.1) is 10.1 Å². The second-order valence-electron chi connectivity index (χ2n) is 4.07. The third-order valence-electron chi connectivity index (χ3n) is 2.79. The monoisotopic (exact) mass is 275 g/mol. The average Bonchev–Trinajstić information content (AvgIpc) is 2.47. The Kier molecular flexibility index (Phi) is 4.29. The number of rotatable bonds is 5. The van der Waals surface area contributed by atoms with E-state index in [0.717, 1.165) is 0 Å². The lowest BCUT2D eigenvalue weighted by atomic mass is 10.1. The molecule has 6 nitrogen and oxygen atoms in total. The van der Waals surface area contributed by atoms with E-state index in [1.54, 1.807) is 24.3 Å². The molecule has 0 bridgehead atoms. The zero-order valence-electron chi connectivity index (χ0n) is 10.5. The van der Waals surface area contributed by atoms with E-state index in [0.29, 0.717) is 17.1 Å². The van der Waals surface area contributed by atoms with Gasteiger partial charge >= 0.3 is 0 Å². The van der Waals surface area contributed by atoms with E-state index < -0.39 is 11.5 Å². The summed E-state index contributed by atoms with van der Waals surface area (Å²) in [6, 6.07) is 11.1. The molecule has 0 unspecified atom stereocenters. The molecule has 0 heterocycles. The molecule has 20 heavy (non-hydrogen) atoms. The highest BCUT2D eigenvalue weighted by atomic mass is 16.6. The first-order valence-electron chi connectivity index (χ1n) is 5.90. The number of nitrogens with zero attached hydrogens (tertiary/aromatic N) is 1. The van der Waals surface area contributed by atoms with Crippen LogP contribution in [0.5, 0.6) is 11.5 Å². The Morgan fingerprint density at radius 2 is 1.75 bits per heavy atom. The summed E-state index contributed by atoms with van der Waals surface area (Å²) in [6.07, 6.45) is 0. The fourth-order valence-electron chi connectivity index (χ4n) is 1.79. The van der Waals surface area contributed by atoms with Crippen molar-refractivity contribution in [3.8, 4) is 11.5 Å². The maximum Gasteiger partial charge on any atom is 0.275 e. The molecule has 2 rings (SSSR count). The molecule has 0 aliphatic heterocycles. The minimum absolute atomic E-state index is 0.157. The Morgan fingerprint density at radius 3 is 2.40 bits per heavy atom. The van der Waals surface area contributed by atoms with Crippen LogP contribution in [-0.2, 0) is 13.2 Å². The number of para-hydroxylation sites is 1. The zero-order valence-corrected chi connectivity index (χ0v) is 10.5. The van der Waals surface area contributed by atoms with Gasteiger partial charge in [0.25, 0.3) is 5.69 Å². The van der Waals surface area contributed by atoms with E-state index in [2.05, 4.69) is 0 Å². The van der Waals surface area contributed by atoms with Crippen molar-refractivity contribution in [3.63, 3.8) is 0 Å². The number of aliphatic hydroxyl groups excluding tert-OH is 2. The second-order valence-corrected chi connectivity index (χ2v) is 4.07. The van der Waals surface area contributed by atoms with Crippen LogP contribution in [0.3, 0.4) is 0 Å². The summed E-state index contributed by atoms with van der Waals surface area (Å²) in [5, 5.41) is 29.1. The molecule has 0 fully saturated rings. The highest BCUT2D eigenvalue weighted by Gasteiger charge is 2.14. The van der Waals surface area contributed by atoms with Gasteiger partial charge in [-0.1, -0.05) is 18.2 Å². The summed E-state index contributed by atoms with van der Waals surface area (Å²) in [4.78, 5) is 10.2. The molecule has 6 heteroatoms. The van der Waals surface area contributed by atoms with Crippen molar-refractivity contribution >= 4 is 5.69 Å². The molecule has 0 radical (unpaired) electrons. The fourth-order valence-corrected chi connectivity index (χ4v) is 1.79. The lowest BCUT2D eigenvalue weighted by Gasteiger charge is -2.10. The lowest BCUT2D eigenvalue weighted by molar-refractivity contribution is -0.385. The van der Waals surface area contributed by atoms with Crippen LogP contribution in [0.15, 0.2) is 42.5 Å². The summed E-state index contributed by atoms with van der Waals surface area (Å²) >= 11 is 0. The topological polar surface area (TPSA) is 92.8 Å². The van der Waals surface area contributed by atoms with Gasteiger partial charge < -0.3 is 14.9 Å². The second kappa shape index (κ2) is 6.14. The van der Waals surface area contributed by atoms with Gasteiger partial charge in [0.05, 0.1) is 23.7 Å². The number of hydrogen-bond donors (Lipinski definition) is 2. The Hall–Kier alpha value is -2.44. The highest BCUT2D eigenvalue weighted by Crippen LogP contribution is 2.29. The van der Waals surface area contributed by atoms with E-state index in [4.69, 9.17) is 9.84 Å². The van der Waals surface area contributed by atoms with Gasteiger partial charge in [0.1, 0.15) is 11.5 Å². The third kappa shape index (κ3) is 2.93. The number of nitro benzene ring substituents is 1. The van der Waals surface area contributed by atoms with Gasteiger partial charge in [0.15, 0.2) is 0 Å². The summed E-state index contributed by atoms with van der Waals surface area (Å²) in [7, 11) is 0. The van der Waals surface area contributed by atoms with Crippen molar-refractivity contribution in [2.45, 2.75) is 13.2 Å². The molecule has 0 atom stereocenters. The largest absolute Gasteiger partial charge is 0.457 e. The normalized spacial score (nSPS) is 10.3. The molecule has 2 aromatic carbocycles. The average molecular weight is 275 g/mol. The van der Waals surface area contributed by atoms with Crippen molar-refractivity contribution in [1.29, 1.82) is 0 Å². The molecule has 2 aromatic rings. The Labute approximate surface area is 115 Å². The maximum atomic E-state index is 10.8. The van der Waals surface area contributed by atoms with E-state index in [1.807, 2.05) is 0 Å². The molecule has 0 aliphatic rings. The summed E-state index contributed by atoms with van der Waals surface area (Å²) in [5.74, 6) is 0.827. The van der Waals surface area contributed by atoms with E-state index >= 15 is 0 Å². The van der Waals surface area contributed by atoms with Gasteiger partial charge in [0.2, 0.25) is 0 Å². The van der Waals surface area contributed by atoms with Gasteiger partial charge in [-0.2, -0.15) is 0 Å². The van der Waals surface area contributed by atoms with Crippen LogP contribution in [-0.4, -0.2) is 15.1 Å². The molecule has 0 aromatic heterocycles. The zero-order chi connectivity index (χ0) is 14.5. The van der Waals surface area contributed by atoms with Gasteiger partial charge in [0, 0.05) is 11.6 Å². The van der Waals surface area contributed by atoms with Crippen LogP contribution in [0.4, 0.5) is 5.69 Å². The number of aliphatic hydroxyl groups is 2. The lowest BCUT2D eigenvalue weighted by Crippen LogP contribution is -1.97. The van der Waals surface area contributed by atoms with E-state index in [-0.39, 0.29) is 17.9 Å². The van der Waals surface area contributed by atoms with Crippen LogP contribution < -0.4 is 4.74 Å². The van der Waals surface area contributed by atoms with E-state index in [1.165, 1.54) is 18.2 Å². The van der Waals surface area contributed by atoms with Crippen LogP contribution in [0.2, 0.25) is 0 Å². The minimum atomic E-state index is -0.559. The van der Waals surface area contributed by atoms with Crippen LogP contribution >= 0.6 is 0 Å². The van der Waals surface area contributed by atoms with Gasteiger partial charge in [-0.25, -0.2) is 0 Å². The molecule has 0 spiro atoms. The predicted molar refractivity (Wildman–Crippen MR) is 71.5 cm³/mol. The first-order valence-corrected chi connectivity index (χ1v) is 5.90. The molecule has 0 saturated carbocycles. The third-order valence-corrected chi connectivity index (χ3v) is 2.79. The Morgan fingerprint density at radius 1 is 1.05 bits per heavy atom. The van der Waals surface area contributed by atoms with Crippen LogP contribution in [0.25, 0.3) is 0 Å². The smallest absolute Gasteiger partial charge is 0.275 e. The molecular formula is C14H13NO5. The van der Waals surface area contributed by atoms with Gasteiger partial charge in [-0.05, 0) is 18.2 Å². The van der Waals surface area contributed by atoms with Crippen molar-refractivity contribution < 1.29 is 19.9 Å². The quantitative estimate of drug-likeness (QED) is 0.645. The fraction of sp³-hybridized carbons (Fsp3) is 0.143. The Balaban J connectivity index is 2.32. The molecule has 0 amide bonds. The predicted octanol–water partition coefficient (Wildman–Crippen LogP) is 2.37. The van der Waals surface area contributed by atoms with Gasteiger partial charge in [-0.3, -0.25) is 10.1 Å². The molecule has 0 saturated heterocycles. The van der Waals surface area contributed by atoms with Crippen molar-refractivity contribution in [1.82, 2.24) is 0 Å². The highest BCUT2D eigenvalue weighted by molar-refractivity contribution is 5.47. The Bertz CT molecular complexity index is 627. The summed E-state index contributed by atoms with van der Waals surface area (Å²) < 4.78 is 5.58. The van der Waals surface area contributed by atoms with Crippen molar-refractivity contribution in [2.24, 2.45) is 0 Å². The van der Waals surface area contributed by atoms with Crippen molar-refractivity contribution in [2.75, 3.05) is 0 Å². The van der Waals surface area contributed by atoms with Gasteiger partial charge in [-0.15, -0.1) is 0 Å². The molecule has 104 valence electrons. The van der Waals surface area contributed by atoms with E-state index in [9.17, 15) is 15.2 Å². The number of ether oxygens (including phenoxy) is 1.